The Morgan fingerprint density at radius 3 is 2.54 bits per heavy atom. The normalized spacial score (nSPS) is 23.6. The van der Waals surface area contributed by atoms with Crippen molar-refractivity contribution in [3.05, 3.63) is 28.8 Å². The fourth-order valence-electron chi connectivity index (χ4n) is 4.29. The lowest BCUT2D eigenvalue weighted by molar-refractivity contribution is -0.139. The molecule has 0 radical (unpaired) electrons. The number of carbonyl (C=O) groups excluding carboxylic acids is 6. The van der Waals surface area contributed by atoms with Crippen LogP contribution >= 0.6 is 11.6 Å². The minimum absolute atomic E-state index is 0.0361. The first-order chi connectivity index (χ1) is 17.5. The Morgan fingerprint density at radius 2 is 1.95 bits per heavy atom. The predicted molar refractivity (Wildman–Crippen MR) is 131 cm³/mol. The van der Waals surface area contributed by atoms with Crippen molar-refractivity contribution in [3.8, 4) is 0 Å². The monoisotopic (exact) mass is 533 g/mol. The summed E-state index contributed by atoms with van der Waals surface area (Å²) in [5.41, 5.74) is 0.00142. The van der Waals surface area contributed by atoms with Gasteiger partial charge in [0.25, 0.3) is 17.7 Å². The molecule has 0 bridgehead atoms. The Hall–Kier alpha value is -3.67. The summed E-state index contributed by atoms with van der Waals surface area (Å²) in [7, 11) is 1.48. The Morgan fingerprint density at radius 1 is 1.22 bits per heavy atom. The van der Waals surface area contributed by atoms with Crippen molar-refractivity contribution in [3.63, 3.8) is 0 Å². The van der Waals surface area contributed by atoms with Crippen LogP contribution in [0.4, 0.5) is 10.5 Å². The standard InChI is InChI=1S/C24H28ClN5O7/c1-11-7-12(20(32)26-11)8-17(19(31)23(35)27-14-4-5-14)29-21(33)15-9-13(25)3-6-16(15)28-22(34)18-10-30(2)24(36)37-18/h3,6,9,11-12,14,17-18H,4-5,7-8,10H2,1-2H3,(H,26,32)(H,27,35)(H,28,34)(H,29,33)/t11-,12+,17+,18-/m1/s1. The van der Waals surface area contributed by atoms with Crippen molar-refractivity contribution >= 4 is 52.8 Å². The molecule has 5 amide bonds. The summed E-state index contributed by atoms with van der Waals surface area (Å²) in [6.07, 6.45) is 0.214. The lowest BCUT2D eigenvalue weighted by atomic mass is 9.93. The number of anilines is 1. The SMILES string of the molecule is C[C@@H]1C[C@@H](C[C@H](NC(=O)c2cc(Cl)ccc2NC(=O)[C@H]2CN(C)C(=O)O2)C(=O)C(=O)NC2CC2)C(=O)N1. The summed E-state index contributed by atoms with van der Waals surface area (Å²) in [5.74, 6) is -3.93. The van der Waals surface area contributed by atoms with Crippen LogP contribution in [-0.4, -0.2) is 78.2 Å². The molecule has 1 aliphatic carbocycles. The Kier molecular flexibility index (Phi) is 7.67. The van der Waals surface area contributed by atoms with Crippen LogP contribution in [0.3, 0.4) is 0 Å². The van der Waals surface area contributed by atoms with Gasteiger partial charge < -0.3 is 30.9 Å². The van der Waals surface area contributed by atoms with Gasteiger partial charge in [-0.05, 0) is 50.8 Å². The zero-order chi connectivity index (χ0) is 26.9. The van der Waals surface area contributed by atoms with Crippen LogP contribution in [0.5, 0.6) is 0 Å². The molecule has 198 valence electrons. The second kappa shape index (κ2) is 10.8. The molecule has 1 aromatic carbocycles. The van der Waals surface area contributed by atoms with E-state index in [4.69, 9.17) is 16.3 Å². The molecule has 37 heavy (non-hydrogen) atoms. The predicted octanol–water partition coefficient (Wildman–Crippen LogP) is 0.590. The highest BCUT2D eigenvalue weighted by Crippen LogP contribution is 2.25. The second-order valence-electron chi connectivity index (χ2n) is 9.65. The first-order valence-corrected chi connectivity index (χ1v) is 12.4. The third kappa shape index (κ3) is 6.37. The van der Waals surface area contributed by atoms with Gasteiger partial charge in [0.2, 0.25) is 11.7 Å². The number of halogens is 1. The molecule has 0 spiro atoms. The average Bonchev–Trinajstić information content (AvgIpc) is 3.51. The lowest BCUT2D eigenvalue weighted by Gasteiger charge is -2.21. The van der Waals surface area contributed by atoms with Crippen LogP contribution in [0.2, 0.25) is 5.02 Å². The van der Waals surface area contributed by atoms with Crippen LogP contribution in [-0.2, 0) is 23.9 Å². The summed E-state index contributed by atoms with van der Waals surface area (Å²) in [6, 6.07) is 2.72. The van der Waals surface area contributed by atoms with Crippen molar-refractivity contribution in [2.45, 2.75) is 56.8 Å². The molecule has 3 fully saturated rings. The van der Waals surface area contributed by atoms with E-state index in [1.807, 2.05) is 6.92 Å². The van der Waals surface area contributed by atoms with E-state index in [0.29, 0.717) is 6.42 Å². The van der Waals surface area contributed by atoms with Gasteiger partial charge >= 0.3 is 6.09 Å². The summed E-state index contributed by atoms with van der Waals surface area (Å²) in [6.45, 7) is 1.86. The smallest absolute Gasteiger partial charge is 0.410 e. The third-order valence-electron chi connectivity index (χ3n) is 6.45. The zero-order valence-electron chi connectivity index (χ0n) is 20.3. The van der Waals surface area contributed by atoms with Gasteiger partial charge in [-0.15, -0.1) is 0 Å². The Bertz CT molecular complexity index is 1150. The maximum absolute atomic E-state index is 13.3. The highest BCUT2D eigenvalue weighted by molar-refractivity contribution is 6.38. The number of hydrogen-bond acceptors (Lipinski definition) is 7. The van der Waals surface area contributed by atoms with Crippen molar-refractivity contribution in [1.29, 1.82) is 0 Å². The number of nitrogens with zero attached hydrogens (tertiary/aromatic N) is 1. The number of cyclic esters (lactones) is 1. The van der Waals surface area contributed by atoms with Crippen LogP contribution in [0.15, 0.2) is 18.2 Å². The molecule has 0 aromatic heterocycles. The van der Waals surface area contributed by atoms with Crippen LogP contribution < -0.4 is 21.3 Å². The number of carbonyl (C=O) groups is 6. The molecule has 1 saturated carbocycles. The molecule has 1 aromatic rings. The second-order valence-corrected chi connectivity index (χ2v) is 10.1. The number of likely N-dealkylation sites (N-methyl/N-ethyl adjacent to an activating group) is 1. The minimum Gasteiger partial charge on any atom is -0.434 e. The summed E-state index contributed by atoms with van der Waals surface area (Å²) in [4.78, 5) is 76.6. The molecular formula is C24H28ClN5O7. The van der Waals surface area contributed by atoms with Gasteiger partial charge in [-0.2, -0.15) is 0 Å². The summed E-state index contributed by atoms with van der Waals surface area (Å²) in [5, 5.41) is 10.7. The molecule has 2 heterocycles. The van der Waals surface area contributed by atoms with Crippen molar-refractivity contribution < 1.29 is 33.5 Å². The zero-order valence-corrected chi connectivity index (χ0v) is 21.1. The Labute approximate surface area is 217 Å². The quantitative estimate of drug-likeness (QED) is 0.337. The van der Waals surface area contributed by atoms with Crippen LogP contribution in [0, 0.1) is 5.92 Å². The molecule has 0 unspecified atom stereocenters. The van der Waals surface area contributed by atoms with Crippen molar-refractivity contribution in [2.75, 3.05) is 18.9 Å². The van der Waals surface area contributed by atoms with Gasteiger partial charge in [0.15, 0.2) is 6.10 Å². The maximum atomic E-state index is 13.3. The number of Topliss-reactive ketones (excluding diaryl/α,β-unsaturated/α-hetero) is 1. The van der Waals surface area contributed by atoms with Crippen LogP contribution in [0.25, 0.3) is 0 Å². The number of ketones is 1. The van der Waals surface area contributed by atoms with Gasteiger partial charge in [0.05, 0.1) is 23.8 Å². The van der Waals surface area contributed by atoms with Crippen molar-refractivity contribution in [2.24, 2.45) is 5.92 Å². The van der Waals surface area contributed by atoms with E-state index in [9.17, 15) is 28.8 Å². The van der Waals surface area contributed by atoms with Crippen molar-refractivity contribution in [1.82, 2.24) is 20.9 Å². The molecule has 3 aliphatic rings. The minimum atomic E-state index is -1.28. The fourth-order valence-corrected chi connectivity index (χ4v) is 4.46. The van der Waals surface area contributed by atoms with Gasteiger partial charge in [-0.3, -0.25) is 24.0 Å². The molecule has 2 saturated heterocycles. The first-order valence-electron chi connectivity index (χ1n) is 12.0. The number of benzene rings is 1. The molecule has 4 N–H and O–H groups in total. The Balaban J connectivity index is 1.52. The van der Waals surface area contributed by atoms with E-state index >= 15 is 0 Å². The van der Waals surface area contributed by atoms with Gasteiger partial charge in [-0.25, -0.2) is 4.79 Å². The van der Waals surface area contributed by atoms with E-state index in [1.54, 1.807) is 0 Å². The topological polar surface area (TPSA) is 163 Å². The van der Waals surface area contributed by atoms with Crippen LogP contribution in [0.1, 0.15) is 43.0 Å². The number of nitrogens with one attached hydrogen (secondary N) is 4. The number of ether oxygens (including phenoxy) is 1. The van der Waals surface area contributed by atoms with Gasteiger partial charge in [0, 0.05) is 30.1 Å². The van der Waals surface area contributed by atoms with Gasteiger partial charge in [0.1, 0.15) is 0 Å². The van der Waals surface area contributed by atoms with Gasteiger partial charge in [-0.1, -0.05) is 11.6 Å². The molecule has 13 heteroatoms. The highest BCUT2D eigenvalue weighted by atomic mass is 35.5. The fraction of sp³-hybridized carbons (Fsp3) is 0.500. The number of hydrogen-bond donors (Lipinski definition) is 4. The molecular weight excluding hydrogens is 506 g/mol. The van der Waals surface area contributed by atoms with E-state index in [-0.39, 0.29) is 47.2 Å². The lowest BCUT2D eigenvalue weighted by Crippen LogP contribution is -2.49. The van der Waals surface area contributed by atoms with E-state index in [0.717, 1.165) is 12.8 Å². The summed E-state index contributed by atoms with van der Waals surface area (Å²) < 4.78 is 5.01. The largest absolute Gasteiger partial charge is 0.434 e. The molecule has 4 atom stereocenters. The molecule has 12 nitrogen and oxygen atoms in total. The molecule has 2 aliphatic heterocycles. The van der Waals surface area contributed by atoms with E-state index in [2.05, 4.69) is 21.3 Å². The summed E-state index contributed by atoms with van der Waals surface area (Å²) >= 11 is 6.10. The number of rotatable bonds is 9. The third-order valence-corrected chi connectivity index (χ3v) is 6.68. The highest BCUT2D eigenvalue weighted by Gasteiger charge is 2.38. The maximum Gasteiger partial charge on any atom is 0.410 e. The average molecular weight is 534 g/mol. The first kappa shape index (κ1) is 26.4. The van der Waals surface area contributed by atoms with E-state index < -0.39 is 47.7 Å². The molecule has 4 rings (SSSR count). The van der Waals surface area contributed by atoms with E-state index in [1.165, 1.54) is 30.1 Å². The number of amides is 5.